The number of carbonyl (C=O) groups excluding carboxylic acids is 1. The van der Waals surface area contributed by atoms with Crippen LogP contribution in [0, 0.1) is 0 Å². The molecular weight excluding hydrogens is 180 g/mol. The van der Waals surface area contributed by atoms with E-state index in [9.17, 15) is 4.79 Å². The van der Waals surface area contributed by atoms with E-state index in [-0.39, 0.29) is 15.2 Å². The molecule has 0 aliphatic carbocycles. The molecule has 1 rings (SSSR count). The van der Waals surface area contributed by atoms with Crippen LogP contribution in [0.2, 0.25) is 0 Å². The topological polar surface area (TPSA) is 26.3 Å². The second-order valence-corrected chi connectivity index (χ2v) is 6.25. The Morgan fingerprint density at radius 2 is 2.45 bits per heavy atom. The van der Waals surface area contributed by atoms with Crippen molar-refractivity contribution in [3.63, 3.8) is 0 Å². The van der Waals surface area contributed by atoms with Crippen molar-refractivity contribution in [2.24, 2.45) is 0 Å². The van der Waals surface area contributed by atoms with Crippen LogP contribution >= 0.6 is 10.8 Å². The first-order valence-electron chi connectivity index (χ1n) is 3.85. The highest BCUT2D eigenvalue weighted by Crippen LogP contribution is 2.26. The molecule has 1 unspecified atom stereocenters. The van der Waals surface area contributed by atoms with Crippen LogP contribution in [0.3, 0.4) is 0 Å². The van der Waals surface area contributed by atoms with E-state index < -0.39 is 0 Å². The molecular formula is C7H13O2S2+. The minimum Gasteiger partial charge on any atom is -0.425 e. The second kappa shape index (κ2) is 4.93. The number of rotatable bonds is 1. The van der Waals surface area contributed by atoms with Gasteiger partial charge in [-0.1, -0.05) is 0 Å². The maximum absolute atomic E-state index is 11.2. The molecule has 1 atom stereocenters. The summed E-state index contributed by atoms with van der Waals surface area (Å²) in [6.45, 7) is 2.37. The Hall–Kier alpha value is 0.170. The van der Waals surface area contributed by atoms with Crippen molar-refractivity contribution in [1.29, 1.82) is 0 Å². The van der Waals surface area contributed by atoms with E-state index in [0.717, 1.165) is 11.5 Å². The Morgan fingerprint density at radius 3 is 3.00 bits per heavy atom. The molecule has 0 saturated carbocycles. The summed E-state index contributed by atoms with van der Waals surface area (Å²) < 4.78 is 4.93. The maximum atomic E-state index is 11.2. The summed E-state index contributed by atoms with van der Waals surface area (Å²) in [6, 6.07) is 0. The van der Waals surface area contributed by atoms with Gasteiger partial charge in [-0.25, -0.2) is 0 Å². The number of ether oxygens (including phenoxy) is 1. The zero-order valence-electron chi connectivity index (χ0n) is 6.67. The first-order valence-corrected chi connectivity index (χ1v) is 6.75. The second-order valence-electron chi connectivity index (χ2n) is 2.26. The lowest BCUT2D eigenvalue weighted by Crippen LogP contribution is -2.20. The van der Waals surface area contributed by atoms with Gasteiger partial charge in [0.25, 0.3) is 0 Å². The molecule has 0 radical (unpaired) electrons. The summed E-state index contributed by atoms with van der Waals surface area (Å²) in [5.74, 6) is 2.16. The number of hydrogen-bond acceptors (Lipinski definition) is 3. The van der Waals surface area contributed by atoms with Crippen LogP contribution in [0.5, 0.6) is 0 Å². The zero-order chi connectivity index (χ0) is 8.10. The predicted molar refractivity (Wildman–Crippen MR) is 50.9 cm³/mol. The molecule has 0 spiro atoms. The van der Waals surface area contributed by atoms with E-state index in [1.54, 1.807) is 10.8 Å². The third kappa shape index (κ3) is 2.95. The molecule has 1 aliphatic rings. The van der Waals surface area contributed by atoms with E-state index in [1.165, 1.54) is 12.8 Å². The fourth-order valence-electron chi connectivity index (χ4n) is 0.869. The molecule has 1 saturated heterocycles. The smallest absolute Gasteiger partial charge is 0.425 e. The molecule has 0 bridgehead atoms. The van der Waals surface area contributed by atoms with Gasteiger partial charge in [0.05, 0.1) is 6.61 Å². The van der Waals surface area contributed by atoms with Gasteiger partial charge in [0, 0.05) is 5.75 Å². The van der Waals surface area contributed by atoms with Gasteiger partial charge in [0.15, 0.2) is 9.93 Å². The molecule has 64 valence electrons. The lowest BCUT2D eigenvalue weighted by Gasteiger charge is -2.08. The molecule has 0 aromatic rings. The van der Waals surface area contributed by atoms with Crippen molar-refractivity contribution in [3.8, 4) is 0 Å². The Balaban J connectivity index is 2.27. The highest BCUT2D eigenvalue weighted by atomic mass is 33.1. The van der Waals surface area contributed by atoms with E-state index in [0.29, 0.717) is 6.61 Å². The summed E-state index contributed by atoms with van der Waals surface area (Å²) in [6.07, 6.45) is 2.45. The van der Waals surface area contributed by atoms with Gasteiger partial charge in [-0.3, -0.25) is 0 Å². The van der Waals surface area contributed by atoms with E-state index in [4.69, 9.17) is 4.74 Å². The van der Waals surface area contributed by atoms with Crippen LogP contribution in [-0.2, 0) is 14.7 Å². The molecule has 0 aromatic heterocycles. The molecule has 0 N–H and O–H groups in total. The number of carbonyl (C=O) groups is 1. The van der Waals surface area contributed by atoms with Crippen LogP contribution in [0.15, 0.2) is 0 Å². The van der Waals surface area contributed by atoms with Gasteiger partial charge >= 0.3 is 5.30 Å². The maximum Gasteiger partial charge on any atom is 0.538 e. The van der Waals surface area contributed by atoms with Gasteiger partial charge in [0.2, 0.25) is 0 Å². The quantitative estimate of drug-likeness (QED) is 0.363. The summed E-state index contributed by atoms with van der Waals surface area (Å²) in [7, 11) is 1.63. The summed E-state index contributed by atoms with van der Waals surface area (Å²) in [5, 5.41) is 0.0113. The highest BCUT2D eigenvalue weighted by Gasteiger charge is 2.34. The van der Waals surface area contributed by atoms with Crippen LogP contribution < -0.4 is 0 Å². The normalized spacial score (nSPS) is 24.6. The Kier molecular flexibility index (Phi) is 4.15. The van der Waals surface area contributed by atoms with Crippen molar-refractivity contribution in [1.82, 2.24) is 0 Å². The fourth-order valence-corrected chi connectivity index (χ4v) is 4.59. The van der Waals surface area contributed by atoms with E-state index >= 15 is 0 Å². The summed E-state index contributed by atoms with van der Waals surface area (Å²) in [4.78, 5) is 11.2. The monoisotopic (exact) mass is 193 g/mol. The average Bonchev–Trinajstić information content (AvgIpc) is 2.07. The minimum absolute atomic E-state index is 0.0113. The average molecular weight is 193 g/mol. The van der Waals surface area contributed by atoms with Crippen molar-refractivity contribution < 1.29 is 9.53 Å². The van der Waals surface area contributed by atoms with Crippen LogP contribution in [0.4, 0.5) is 4.79 Å². The Labute approximate surface area is 73.8 Å². The molecule has 4 heteroatoms. The standard InChI is InChI=1S/C7H13O2S2/c1-2-9-7(8)11-6-4-3-5-10-11/h2-6H2,1H3/q+1. The van der Waals surface area contributed by atoms with Crippen LogP contribution in [0.1, 0.15) is 19.8 Å². The lowest BCUT2D eigenvalue weighted by molar-refractivity contribution is 0.181. The first-order chi connectivity index (χ1) is 5.34. The minimum atomic E-state index is -0.134. The molecule has 0 aromatic carbocycles. The third-order valence-electron chi connectivity index (χ3n) is 1.40. The molecule has 11 heavy (non-hydrogen) atoms. The Bertz CT molecular complexity index is 132. The van der Waals surface area contributed by atoms with Gasteiger partial charge in [-0.05, 0) is 19.8 Å². The summed E-state index contributed by atoms with van der Waals surface area (Å²) in [5.41, 5.74) is 0. The van der Waals surface area contributed by atoms with E-state index in [2.05, 4.69) is 0 Å². The van der Waals surface area contributed by atoms with E-state index in [1.807, 2.05) is 6.92 Å². The summed E-state index contributed by atoms with van der Waals surface area (Å²) >= 11 is 0. The van der Waals surface area contributed by atoms with Crippen LogP contribution in [-0.4, -0.2) is 23.4 Å². The largest absolute Gasteiger partial charge is 0.538 e. The molecule has 2 nitrogen and oxygen atoms in total. The fraction of sp³-hybridized carbons (Fsp3) is 0.857. The number of hydrogen-bond donors (Lipinski definition) is 0. The van der Waals surface area contributed by atoms with Gasteiger partial charge in [-0.2, -0.15) is 4.79 Å². The Morgan fingerprint density at radius 1 is 1.64 bits per heavy atom. The molecule has 1 aliphatic heterocycles. The van der Waals surface area contributed by atoms with Crippen molar-refractivity contribution in [2.75, 3.05) is 18.1 Å². The molecule has 0 amide bonds. The van der Waals surface area contributed by atoms with Crippen molar-refractivity contribution in [3.05, 3.63) is 0 Å². The zero-order valence-corrected chi connectivity index (χ0v) is 8.30. The van der Waals surface area contributed by atoms with Gasteiger partial charge in [0.1, 0.15) is 16.5 Å². The SMILES string of the molecule is CCOC(=O)[S+]1CCCCS1. The lowest BCUT2D eigenvalue weighted by atomic mass is 10.4. The first kappa shape index (κ1) is 9.26. The van der Waals surface area contributed by atoms with Gasteiger partial charge < -0.3 is 4.74 Å². The highest BCUT2D eigenvalue weighted by molar-refractivity contribution is 8.79. The molecule has 1 heterocycles. The van der Waals surface area contributed by atoms with Gasteiger partial charge in [-0.15, -0.1) is 0 Å². The molecule has 1 fully saturated rings. The predicted octanol–water partition coefficient (Wildman–Crippen LogP) is 2.20. The third-order valence-corrected chi connectivity index (χ3v) is 5.55. The van der Waals surface area contributed by atoms with Crippen molar-refractivity contribution >= 4 is 26.0 Å². The van der Waals surface area contributed by atoms with Crippen LogP contribution in [0.25, 0.3) is 0 Å². The van der Waals surface area contributed by atoms with Crippen molar-refractivity contribution in [2.45, 2.75) is 19.8 Å².